The van der Waals surface area contributed by atoms with Gasteiger partial charge in [-0.2, -0.15) is 0 Å². The fourth-order valence-electron chi connectivity index (χ4n) is 3.09. The van der Waals surface area contributed by atoms with Crippen molar-refractivity contribution in [3.63, 3.8) is 0 Å². The van der Waals surface area contributed by atoms with Crippen molar-refractivity contribution in [1.82, 2.24) is 4.90 Å². The number of piperidine rings is 1. The van der Waals surface area contributed by atoms with Gasteiger partial charge in [0.1, 0.15) is 11.5 Å². The van der Waals surface area contributed by atoms with Crippen LogP contribution in [-0.4, -0.2) is 33.7 Å². The van der Waals surface area contributed by atoms with Crippen molar-refractivity contribution < 1.29 is 10.2 Å². The number of hydrogen-bond acceptors (Lipinski definition) is 4. The van der Waals surface area contributed by atoms with Crippen LogP contribution in [0.25, 0.3) is 0 Å². The van der Waals surface area contributed by atoms with Crippen molar-refractivity contribution in [2.45, 2.75) is 51.2 Å². The molecule has 1 heterocycles. The Kier molecular flexibility index (Phi) is 4.32. The zero-order valence-corrected chi connectivity index (χ0v) is 11.7. The normalized spacial score (nSPS) is 24.1. The number of aromatic hydroxyl groups is 2. The van der Waals surface area contributed by atoms with Gasteiger partial charge < -0.3 is 15.9 Å². The first-order valence-electron chi connectivity index (χ1n) is 7.04. The van der Waals surface area contributed by atoms with E-state index in [1.165, 1.54) is 18.9 Å². The minimum atomic E-state index is 0.0934. The molecule has 0 bridgehead atoms. The molecule has 0 spiro atoms. The minimum absolute atomic E-state index is 0.0934. The first-order chi connectivity index (χ1) is 9.00. The van der Waals surface area contributed by atoms with Gasteiger partial charge in [-0.25, -0.2) is 0 Å². The van der Waals surface area contributed by atoms with E-state index in [0.717, 1.165) is 18.5 Å². The molecule has 0 aliphatic carbocycles. The number of nitrogens with two attached hydrogens (primary N) is 1. The molecule has 4 N–H and O–H groups in total. The van der Waals surface area contributed by atoms with Crippen LogP contribution in [0.3, 0.4) is 0 Å². The van der Waals surface area contributed by atoms with E-state index in [2.05, 4.69) is 11.8 Å². The van der Waals surface area contributed by atoms with Crippen molar-refractivity contribution in [3.05, 3.63) is 23.8 Å². The van der Waals surface area contributed by atoms with E-state index in [0.29, 0.717) is 6.04 Å². The fourth-order valence-corrected chi connectivity index (χ4v) is 3.09. The maximum Gasteiger partial charge on any atom is 0.124 e. The summed E-state index contributed by atoms with van der Waals surface area (Å²) < 4.78 is 0. The lowest BCUT2D eigenvalue weighted by Gasteiger charge is -2.42. The molecular weight excluding hydrogens is 240 g/mol. The van der Waals surface area contributed by atoms with Crippen molar-refractivity contribution in [1.29, 1.82) is 0 Å². The van der Waals surface area contributed by atoms with Crippen LogP contribution >= 0.6 is 0 Å². The summed E-state index contributed by atoms with van der Waals surface area (Å²) in [6.07, 6.45) is 3.50. The van der Waals surface area contributed by atoms with Gasteiger partial charge in [0.25, 0.3) is 0 Å². The molecule has 1 aromatic rings. The summed E-state index contributed by atoms with van der Waals surface area (Å²) >= 11 is 0. The lowest BCUT2D eigenvalue weighted by molar-refractivity contribution is 0.0878. The molecule has 0 saturated carbocycles. The second-order valence-corrected chi connectivity index (χ2v) is 5.58. The molecule has 1 fully saturated rings. The van der Waals surface area contributed by atoms with Gasteiger partial charge in [-0.15, -0.1) is 0 Å². The second-order valence-electron chi connectivity index (χ2n) is 5.58. The first-order valence-corrected chi connectivity index (χ1v) is 7.04. The summed E-state index contributed by atoms with van der Waals surface area (Å²) in [6, 6.07) is 5.41. The molecule has 0 radical (unpaired) electrons. The Morgan fingerprint density at radius 2 is 2.00 bits per heavy atom. The first kappa shape index (κ1) is 14.2. The topological polar surface area (TPSA) is 69.7 Å². The van der Waals surface area contributed by atoms with Crippen molar-refractivity contribution in [3.8, 4) is 11.5 Å². The van der Waals surface area contributed by atoms with Gasteiger partial charge in [-0.05, 0) is 39.3 Å². The van der Waals surface area contributed by atoms with E-state index < -0.39 is 0 Å². The summed E-state index contributed by atoms with van der Waals surface area (Å²) in [7, 11) is 0. The number of benzene rings is 1. The van der Waals surface area contributed by atoms with Gasteiger partial charge in [-0.3, -0.25) is 4.90 Å². The summed E-state index contributed by atoms with van der Waals surface area (Å²) in [5, 5.41) is 19.4. The highest BCUT2D eigenvalue weighted by Crippen LogP contribution is 2.35. The van der Waals surface area contributed by atoms with E-state index in [1.54, 1.807) is 12.1 Å². The van der Waals surface area contributed by atoms with E-state index in [-0.39, 0.29) is 23.6 Å². The average molecular weight is 264 g/mol. The van der Waals surface area contributed by atoms with Gasteiger partial charge in [0.05, 0.1) is 0 Å². The molecule has 19 heavy (non-hydrogen) atoms. The molecule has 4 heteroatoms. The Morgan fingerprint density at radius 1 is 1.26 bits per heavy atom. The van der Waals surface area contributed by atoms with Crippen LogP contribution in [0.5, 0.6) is 11.5 Å². The van der Waals surface area contributed by atoms with E-state index in [9.17, 15) is 10.2 Å². The smallest absolute Gasteiger partial charge is 0.124 e. The van der Waals surface area contributed by atoms with E-state index >= 15 is 0 Å². The Labute approximate surface area is 114 Å². The van der Waals surface area contributed by atoms with Crippen molar-refractivity contribution in [2.24, 2.45) is 5.73 Å². The molecule has 3 atom stereocenters. The lowest BCUT2D eigenvalue weighted by Crippen LogP contribution is -2.49. The van der Waals surface area contributed by atoms with E-state index in [1.807, 2.05) is 6.92 Å². The largest absolute Gasteiger partial charge is 0.508 e. The molecule has 0 amide bonds. The Morgan fingerprint density at radius 3 is 2.63 bits per heavy atom. The Hall–Kier alpha value is -1.26. The maximum absolute atomic E-state index is 10.00. The van der Waals surface area contributed by atoms with Crippen LogP contribution in [0.4, 0.5) is 0 Å². The zero-order chi connectivity index (χ0) is 14.0. The van der Waals surface area contributed by atoms with Crippen LogP contribution in [0, 0.1) is 0 Å². The highest BCUT2D eigenvalue weighted by Gasteiger charge is 2.30. The third-order valence-electron chi connectivity index (χ3n) is 4.16. The van der Waals surface area contributed by atoms with Crippen LogP contribution in [0.2, 0.25) is 0 Å². The van der Waals surface area contributed by atoms with Gasteiger partial charge in [0, 0.05) is 29.8 Å². The molecule has 4 nitrogen and oxygen atoms in total. The molecule has 2 rings (SSSR count). The number of hydrogen-bond donors (Lipinski definition) is 3. The van der Waals surface area contributed by atoms with Crippen molar-refractivity contribution in [2.75, 3.05) is 6.54 Å². The van der Waals surface area contributed by atoms with Gasteiger partial charge in [0.15, 0.2) is 0 Å². The minimum Gasteiger partial charge on any atom is -0.508 e. The number of rotatable bonds is 3. The van der Waals surface area contributed by atoms with Gasteiger partial charge in [0.2, 0.25) is 0 Å². The third-order valence-corrected chi connectivity index (χ3v) is 4.16. The summed E-state index contributed by atoms with van der Waals surface area (Å²) in [6.45, 7) is 5.15. The highest BCUT2D eigenvalue weighted by molar-refractivity contribution is 5.40. The Balaban J connectivity index is 2.23. The van der Waals surface area contributed by atoms with Gasteiger partial charge >= 0.3 is 0 Å². The van der Waals surface area contributed by atoms with Crippen LogP contribution in [0.15, 0.2) is 18.2 Å². The fraction of sp³-hybridized carbons (Fsp3) is 0.600. The summed E-state index contributed by atoms with van der Waals surface area (Å²) in [5.74, 6) is 0.248. The molecule has 1 saturated heterocycles. The molecule has 3 unspecified atom stereocenters. The second kappa shape index (κ2) is 5.80. The lowest BCUT2D eigenvalue weighted by atomic mass is 9.93. The molecule has 106 valence electrons. The summed E-state index contributed by atoms with van der Waals surface area (Å²) in [5.41, 5.74) is 6.94. The number of likely N-dealkylation sites (tertiary alicyclic amines) is 1. The number of phenols is 2. The molecule has 1 aromatic carbocycles. The van der Waals surface area contributed by atoms with Crippen LogP contribution < -0.4 is 5.73 Å². The van der Waals surface area contributed by atoms with Crippen LogP contribution in [-0.2, 0) is 0 Å². The molecule has 0 aromatic heterocycles. The van der Waals surface area contributed by atoms with Crippen LogP contribution in [0.1, 0.15) is 44.7 Å². The van der Waals surface area contributed by atoms with E-state index in [4.69, 9.17) is 5.73 Å². The summed E-state index contributed by atoms with van der Waals surface area (Å²) in [4.78, 5) is 2.38. The predicted octanol–water partition coefficient (Wildman–Crippen LogP) is 2.36. The predicted molar refractivity (Wildman–Crippen MR) is 76.2 cm³/mol. The monoisotopic (exact) mass is 264 g/mol. The maximum atomic E-state index is 10.00. The van der Waals surface area contributed by atoms with Crippen molar-refractivity contribution >= 4 is 0 Å². The Bertz CT molecular complexity index is 434. The quantitative estimate of drug-likeness (QED) is 0.784. The third kappa shape index (κ3) is 3.01. The average Bonchev–Trinajstić information content (AvgIpc) is 2.38. The standard InChI is InChI=1S/C15H24N2O2/c1-10(16)14-5-3-4-8-17(14)11(2)13-7-6-12(18)9-15(13)19/h6-7,9-11,14,18-19H,3-5,8,16H2,1-2H3. The molecular formula is C15H24N2O2. The SMILES string of the molecule is CC(N)C1CCCCN1C(C)c1ccc(O)cc1O. The number of phenolic OH excluding ortho intramolecular Hbond substituents is 2. The number of nitrogens with zero attached hydrogens (tertiary/aromatic N) is 1. The highest BCUT2D eigenvalue weighted by atomic mass is 16.3. The van der Waals surface area contributed by atoms with Gasteiger partial charge in [-0.1, -0.05) is 12.5 Å². The molecule has 1 aliphatic heterocycles. The molecule has 1 aliphatic rings. The zero-order valence-electron chi connectivity index (χ0n) is 11.7.